The molecular formula is C7H8N2. The maximum Gasteiger partial charge on any atom is 0.101 e. The fraction of sp³-hybridized carbons (Fsp3) is 0.143. The second-order valence-electron chi connectivity index (χ2n) is 1.36. The van der Waals surface area contributed by atoms with E-state index in [2.05, 4.69) is 11.6 Å². The Morgan fingerprint density at radius 3 is 2.78 bits per heavy atom. The lowest BCUT2D eigenvalue weighted by atomic mass is 10.3. The molecule has 0 spiro atoms. The van der Waals surface area contributed by atoms with Crippen molar-refractivity contribution in [2.75, 3.05) is 7.05 Å². The van der Waals surface area contributed by atoms with Crippen molar-refractivity contribution in [3.8, 4) is 6.07 Å². The molecule has 2 nitrogen and oxygen atoms in total. The summed E-state index contributed by atoms with van der Waals surface area (Å²) in [5.74, 6) is 0. The second kappa shape index (κ2) is 4.79. The van der Waals surface area contributed by atoms with E-state index in [1.807, 2.05) is 6.07 Å². The molecule has 0 N–H and O–H groups in total. The third-order valence-electron chi connectivity index (χ3n) is 0.695. The highest BCUT2D eigenvalue weighted by Crippen LogP contribution is 1.85. The van der Waals surface area contributed by atoms with Crippen LogP contribution in [0.4, 0.5) is 0 Å². The van der Waals surface area contributed by atoms with Gasteiger partial charge in [-0.15, -0.1) is 0 Å². The summed E-state index contributed by atoms with van der Waals surface area (Å²) in [5, 5.41) is 8.33. The van der Waals surface area contributed by atoms with E-state index >= 15 is 0 Å². The van der Waals surface area contributed by atoms with Crippen LogP contribution in [-0.2, 0) is 0 Å². The Kier molecular flexibility index (Phi) is 4.07. The molecule has 0 heterocycles. The van der Waals surface area contributed by atoms with E-state index < -0.39 is 0 Å². The molecule has 0 aliphatic rings. The molecule has 9 heavy (non-hydrogen) atoms. The molecule has 0 aromatic rings. The second-order valence-corrected chi connectivity index (χ2v) is 1.36. The van der Waals surface area contributed by atoms with Crippen molar-refractivity contribution < 1.29 is 0 Å². The van der Waals surface area contributed by atoms with E-state index in [0.29, 0.717) is 5.57 Å². The van der Waals surface area contributed by atoms with Gasteiger partial charge in [-0.2, -0.15) is 5.26 Å². The van der Waals surface area contributed by atoms with E-state index in [-0.39, 0.29) is 0 Å². The molecular weight excluding hydrogens is 112 g/mol. The van der Waals surface area contributed by atoms with Gasteiger partial charge < -0.3 is 0 Å². The van der Waals surface area contributed by atoms with Crippen molar-refractivity contribution in [3.05, 3.63) is 24.3 Å². The Morgan fingerprint density at radius 1 is 1.78 bits per heavy atom. The third-order valence-corrected chi connectivity index (χ3v) is 0.695. The smallest absolute Gasteiger partial charge is 0.101 e. The van der Waals surface area contributed by atoms with Gasteiger partial charge in [-0.1, -0.05) is 12.7 Å². The van der Waals surface area contributed by atoms with E-state index in [1.165, 1.54) is 6.21 Å². The van der Waals surface area contributed by atoms with Crippen molar-refractivity contribution in [1.82, 2.24) is 0 Å². The molecule has 0 atom stereocenters. The van der Waals surface area contributed by atoms with Gasteiger partial charge in [-0.3, -0.25) is 4.99 Å². The van der Waals surface area contributed by atoms with Crippen LogP contribution in [-0.4, -0.2) is 13.3 Å². The Bertz CT molecular complexity index is 182. The molecule has 0 saturated heterocycles. The molecule has 2 heteroatoms. The predicted octanol–water partition coefficient (Wildman–Crippen LogP) is 1.32. The summed E-state index contributed by atoms with van der Waals surface area (Å²) in [6.45, 7) is 3.44. The lowest BCUT2D eigenvalue weighted by Gasteiger charge is -1.78. The summed E-state index contributed by atoms with van der Waals surface area (Å²) < 4.78 is 0. The van der Waals surface area contributed by atoms with Crippen molar-refractivity contribution in [2.24, 2.45) is 4.99 Å². The van der Waals surface area contributed by atoms with E-state index in [1.54, 1.807) is 19.2 Å². The Morgan fingerprint density at radius 2 is 2.44 bits per heavy atom. The van der Waals surface area contributed by atoms with Gasteiger partial charge in [0.05, 0.1) is 5.57 Å². The number of nitrogens with zero attached hydrogens (tertiary/aromatic N) is 2. The fourth-order valence-corrected chi connectivity index (χ4v) is 0.375. The maximum absolute atomic E-state index is 8.33. The van der Waals surface area contributed by atoms with Gasteiger partial charge in [-0.25, -0.2) is 0 Å². The molecule has 0 saturated carbocycles. The van der Waals surface area contributed by atoms with Gasteiger partial charge in [0.15, 0.2) is 0 Å². The first kappa shape index (κ1) is 7.64. The molecule has 0 radical (unpaired) electrons. The zero-order valence-electron chi connectivity index (χ0n) is 5.33. The van der Waals surface area contributed by atoms with Crippen LogP contribution >= 0.6 is 0 Å². The van der Waals surface area contributed by atoms with Crippen molar-refractivity contribution >= 4 is 6.21 Å². The molecule has 0 aliphatic heterocycles. The minimum atomic E-state index is 0.521. The first-order valence-electron chi connectivity index (χ1n) is 2.50. The van der Waals surface area contributed by atoms with Gasteiger partial charge in [0.1, 0.15) is 6.07 Å². The van der Waals surface area contributed by atoms with Crippen LogP contribution in [0.25, 0.3) is 0 Å². The normalized spacial score (nSPS) is 11.3. The number of aliphatic imine (C=N–C) groups is 1. The van der Waals surface area contributed by atoms with Gasteiger partial charge in [0.2, 0.25) is 0 Å². The summed E-state index contributed by atoms with van der Waals surface area (Å²) in [5.41, 5.74) is 0.521. The number of hydrogen-bond donors (Lipinski definition) is 0. The summed E-state index contributed by atoms with van der Waals surface area (Å²) >= 11 is 0. The number of rotatable bonds is 2. The highest BCUT2D eigenvalue weighted by atomic mass is 14.6. The Balaban J connectivity index is 4.19. The molecule has 0 aromatic carbocycles. The fourth-order valence-electron chi connectivity index (χ4n) is 0.375. The number of hydrogen-bond acceptors (Lipinski definition) is 2. The minimum absolute atomic E-state index is 0.521. The van der Waals surface area contributed by atoms with Crippen LogP contribution in [0.2, 0.25) is 0 Å². The number of allylic oxidation sites excluding steroid dienone is 3. The highest BCUT2D eigenvalue weighted by Gasteiger charge is 1.82. The molecule has 0 bridgehead atoms. The molecule has 0 aromatic heterocycles. The average molecular weight is 120 g/mol. The summed E-state index contributed by atoms with van der Waals surface area (Å²) in [7, 11) is 1.62. The molecule has 0 unspecified atom stereocenters. The maximum atomic E-state index is 8.33. The summed E-state index contributed by atoms with van der Waals surface area (Å²) in [6, 6.07) is 1.94. The topological polar surface area (TPSA) is 36.1 Å². The monoisotopic (exact) mass is 120 g/mol. The molecule has 0 aliphatic carbocycles. The van der Waals surface area contributed by atoms with Crippen molar-refractivity contribution in [3.63, 3.8) is 0 Å². The van der Waals surface area contributed by atoms with Crippen molar-refractivity contribution in [1.29, 1.82) is 5.26 Å². The van der Waals surface area contributed by atoms with Crippen LogP contribution < -0.4 is 0 Å². The van der Waals surface area contributed by atoms with E-state index in [9.17, 15) is 0 Å². The van der Waals surface area contributed by atoms with E-state index in [0.717, 1.165) is 0 Å². The largest absolute Gasteiger partial charge is 0.295 e. The molecule has 46 valence electrons. The Labute approximate surface area is 54.8 Å². The van der Waals surface area contributed by atoms with Crippen LogP contribution in [0.3, 0.4) is 0 Å². The highest BCUT2D eigenvalue weighted by molar-refractivity contribution is 5.83. The van der Waals surface area contributed by atoms with Crippen LogP contribution in [0.15, 0.2) is 29.3 Å². The summed E-state index contributed by atoms with van der Waals surface area (Å²) in [4.78, 5) is 3.66. The van der Waals surface area contributed by atoms with Crippen LogP contribution in [0.1, 0.15) is 0 Å². The zero-order chi connectivity index (χ0) is 7.11. The SMILES string of the molecule is C=C/C=C(/C#N)C=NC. The van der Waals surface area contributed by atoms with E-state index in [4.69, 9.17) is 5.26 Å². The van der Waals surface area contributed by atoms with Crippen molar-refractivity contribution in [2.45, 2.75) is 0 Å². The third kappa shape index (κ3) is 3.24. The van der Waals surface area contributed by atoms with Gasteiger partial charge in [0.25, 0.3) is 0 Å². The molecule has 0 fully saturated rings. The summed E-state index contributed by atoms with van der Waals surface area (Å²) in [6.07, 6.45) is 4.65. The lowest BCUT2D eigenvalue weighted by Crippen LogP contribution is -1.76. The standard InChI is InChI=1S/C7H8N2/c1-3-4-7(5-8)6-9-2/h3-4,6H,1H2,2H3/b7-4-,9-6?. The number of nitriles is 1. The predicted molar refractivity (Wildman–Crippen MR) is 38.3 cm³/mol. The van der Waals surface area contributed by atoms with Gasteiger partial charge in [-0.05, 0) is 6.08 Å². The van der Waals surface area contributed by atoms with Gasteiger partial charge >= 0.3 is 0 Å². The van der Waals surface area contributed by atoms with Gasteiger partial charge in [0, 0.05) is 13.3 Å². The molecule has 0 amide bonds. The van der Waals surface area contributed by atoms with Crippen LogP contribution in [0.5, 0.6) is 0 Å². The first-order valence-corrected chi connectivity index (χ1v) is 2.50. The Hall–Kier alpha value is -1.36. The minimum Gasteiger partial charge on any atom is -0.295 e. The zero-order valence-corrected chi connectivity index (χ0v) is 5.33. The molecule has 0 rings (SSSR count). The average Bonchev–Trinajstić information content (AvgIpc) is 1.88. The van der Waals surface area contributed by atoms with Crippen LogP contribution in [0, 0.1) is 11.3 Å². The lowest BCUT2D eigenvalue weighted by molar-refractivity contribution is 1.45. The quantitative estimate of drug-likeness (QED) is 0.307. The first-order chi connectivity index (χ1) is 4.35.